The molecule has 96 valence electrons. The molecule has 2 heterocycles. The maximum absolute atomic E-state index is 10.4. The molecular formula is C12H22N4O. The molecular weight excluding hydrogens is 216 g/mol. The maximum atomic E-state index is 10.4. The van der Waals surface area contributed by atoms with E-state index in [1.807, 2.05) is 17.8 Å². The molecule has 1 aromatic rings. The van der Waals surface area contributed by atoms with Crippen molar-refractivity contribution in [2.24, 2.45) is 0 Å². The van der Waals surface area contributed by atoms with E-state index >= 15 is 0 Å². The summed E-state index contributed by atoms with van der Waals surface area (Å²) in [5.41, 5.74) is 0.916. The summed E-state index contributed by atoms with van der Waals surface area (Å²) in [6.45, 7) is 5.85. The van der Waals surface area contributed by atoms with Gasteiger partial charge in [-0.1, -0.05) is 0 Å². The van der Waals surface area contributed by atoms with Gasteiger partial charge in [0, 0.05) is 37.9 Å². The Hall–Kier alpha value is -0.910. The van der Waals surface area contributed by atoms with Crippen molar-refractivity contribution in [3.63, 3.8) is 0 Å². The fourth-order valence-corrected chi connectivity index (χ4v) is 2.31. The summed E-state index contributed by atoms with van der Waals surface area (Å²) in [5.74, 6) is 0. The first-order chi connectivity index (χ1) is 8.11. The van der Waals surface area contributed by atoms with Gasteiger partial charge in [0.05, 0.1) is 18.3 Å². The van der Waals surface area contributed by atoms with Crippen molar-refractivity contribution in [3.05, 3.63) is 18.0 Å². The Labute approximate surface area is 103 Å². The van der Waals surface area contributed by atoms with Crippen molar-refractivity contribution >= 4 is 0 Å². The van der Waals surface area contributed by atoms with Gasteiger partial charge in [0.15, 0.2) is 0 Å². The molecule has 0 aromatic carbocycles. The number of aromatic nitrogens is 2. The molecule has 0 aliphatic carbocycles. The van der Waals surface area contributed by atoms with Crippen LogP contribution < -0.4 is 0 Å². The summed E-state index contributed by atoms with van der Waals surface area (Å²) in [6.07, 6.45) is 3.26. The lowest BCUT2D eigenvalue weighted by atomic mass is 10.0. The van der Waals surface area contributed by atoms with Gasteiger partial charge in [-0.25, -0.2) is 0 Å². The predicted octanol–water partition coefficient (Wildman–Crippen LogP) is 0.182. The summed E-state index contributed by atoms with van der Waals surface area (Å²) in [6, 6.07) is 0.156. The van der Waals surface area contributed by atoms with E-state index in [2.05, 4.69) is 29.0 Å². The first-order valence-electron chi connectivity index (χ1n) is 6.21. The fraction of sp³-hybridized carbons (Fsp3) is 0.750. The lowest BCUT2D eigenvalue weighted by Gasteiger charge is -2.39. The van der Waals surface area contributed by atoms with Gasteiger partial charge < -0.3 is 10.0 Å². The third kappa shape index (κ3) is 2.68. The molecule has 2 rings (SSSR count). The average Bonchev–Trinajstić information content (AvgIpc) is 2.80. The first-order valence-corrected chi connectivity index (χ1v) is 6.21. The van der Waals surface area contributed by atoms with Crippen LogP contribution in [0.3, 0.4) is 0 Å². The van der Waals surface area contributed by atoms with Gasteiger partial charge >= 0.3 is 0 Å². The minimum Gasteiger partial charge on any atom is -0.387 e. The minimum atomic E-state index is -0.456. The Kier molecular flexibility index (Phi) is 3.81. The van der Waals surface area contributed by atoms with E-state index in [1.165, 1.54) is 0 Å². The number of piperazine rings is 1. The molecule has 5 heteroatoms. The summed E-state index contributed by atoms with van der Waals surface area (Å²) >= 11 is 0. The normalized spacial score (nSPS) is 25.1. The molecule has 0 spiro atoms. The number of aliphatic hydroxyl groups is 1. The maximum Gasteiger partial charge on any atom is 0.0987 e. The summed E-state index contributed by atoms with van der Waals surface area (Å²) in [7, 11) is 4.17. The molecule has 1 aliphatic rings. The third-order valence-corrected chi connectivity index (χ3v) is 3.58. The van der Waals surface area contributed by atoms with E-state index in [-0.39, 0.29) is 6.04 Å². The summed E-state index contributed by atoms with van der Waals surface area (Å²) in [4.78, 5) is 4.49. The number of hydrogen-bond donors (Lipinski definition) is 1. The van der Waals surface area contributed by atoms with Crippen molar-refractivity contribution in [3.8, 4) is 0 Å². The van der Waals surface area contributed by atoms with Crippen molar-refractivity contribution in [1.29, 1.82) is 0 Å². The number of nitrogens with zero attached hydrogens (tertiary/aromatic N) is 4. The molecule has 1 aliphatic heterocycles. The fourth-order valence-electron chi connectivity index (χ4n) is 2.31. The van der Waals surface area contributed by atoms with Crippen LogP contribution in [0.15, 0.2) is 12.4 Å². The second-order valence-corrected chi connectivity index (χ2v) is 4.88. The van der Waals surface area contributed by atoms with Crippen LogP contribution in [0.25, 0.3) is 0 Å². The molecule has 0 radical (unpaired) electrons. The highest BCUT2D eigenvalue weighted by atomic mass is 16.3. The van der Waals surface area contributed by atoms with E-state index in [4.69, 9.17) is 0 Å². The smallest absolute Gasteiger partial charge is 0.0987 e. The van der Waals surface area contributed by atoms with Crippen LogP contribution in [0.2, 0.25) is 0 Å². The largest absolute Gasteiger partial charge is 0.387 e. The Morgan fingerprint density at radius 3 is 2.88 bits per heavy atom. The molecule has 1 saturated heterocycles. The quantitative estimate of drug-likeness (QED) is 0.816. The summed E-state index contributed by atoms with van der Waals surface area (Å²) < 4.78 is 1.85. The zero-order chi connectivity index (χ0) is 12.4. The highest BCUT2D eigenvalue weighted by Gasteiger charge is 2.30. The second kappa shape index (κ2) is 5.16. The molecule has 1 aromatic heterocycles. The van der Waals surface area contributed by atoms with Gasteiger partial charge in [0.25, 0.3) is 0 Å². The number of rotatable bonds is 3. The van der Waals surface area contributed by atoms with Crippen LogP contribution in [-0.4, -0.2) is 64.5 Å². The van der Waals surface area contributed by atoms with Crippen molar-refractivity contribution in [2.45, 2.75) is 25.6 Å². The third-order valence-electron chi connectivity index (χ3n) is 3.58. The monoisotopic (exact) mass is 238 g/mol. The molecule has 1 fully saturated rings. The Balaban J connectivity index is 2.09. The van der Waals surface area contributed by atoms with E-state index in [0.29, 0.717) is 0 Å². The highest BCUT2D eigenvalue weighted by molar-refractivity contribution is 5.11. The molecule has 0 saturated carbocycles. The lowest BCUT2D eigenvalue weighted by molar-refractivity contribution is 0.0138. The van der Waals surface area contributed by atoms with Crippen LogP contribution in [0.5, 0.6) is 0 Å². The number of likely N-dealkylation sites (N-methyl/N-ethyl adjacent to an activating group) is 2. The average molecular weight is 238 g/mol. The van der Waals surface area contributed by atoms with E-state index in [1.54, 1.807) is 6.20 Å². The van der Waals surface area contributed by atoms with Crippen molar-refractivity contribution in [2.75, 3.05) is 33.7 Å². The topological polar surface area (TPSA) is 44.5 Å². The molecule has 5 nitrogen and oxygen atoms in total. The highest BCUT2D eigenvalue weighted by Crippen LogP contribution is 2.22. The van der Waals surface area contributed by atoms with Gasteiger partial charge in [-0.2, -0.15) is 5.10 Å². The van der Waals surface area contributed by atoms with E-state index < -0.39 is 6.10 Å². The summed E-state index contributed by atoms with van der Waals surface area (Å²) in [5, 5.41) is 14.6. The van der Waals surface area contributed by atoms with Gasteiger partial charge in [0.2, 0.25) is 0 Å². The molecule has 0 bridgehead atoms. The van der Waals surface area contributed by atoms with Gasteiger partial charge in [-0.05, 0) is 21.0 Å². The zero-order valence-corrected chi connectivity index (χ0v) is 10.9. The van der Waals surface area contributed by atoms with Gasteiger partial charge in [-0.15, -0.1) is 0 Å². The molecule has 2 atom stereocenters. The van der Waals surface area contributed by atoms with Crippen molar-refractivity contribution < 1.29 is 5.11 Å². The number of aryl methyl sites for hydroxylation is 1. The SMILES string of the molecule is CCn1cc(C(O)C2CN(C)CCN2C)cn1. The lowest BCUT2D eigenvalue weighted by Crippen LogP contribution is -2.52. The van der Waals surface area contributed by atoms with Crippen LogP contribution in [0.1, 0.15) is 18.6 Å². The Bertz CT molecular complexity index is 365. The van der Waals surface area contributed by atoms with Crippen LogP contribution in [0, 0.1) is 0 Å². The van der Waals surface area contributed by atoms with Crippen LogP contribution in [0.4, 0.5) is 0 Å². The minimum absolute atomic E-state index is 0.156. The predicted molar refractivity (Wildman–Crippen MR) is 66.8 cm³/mol. The van der Waals surface area contributed by atoms with Crippen LogP contribution >= 0.6 is 0 Å². The Morgan fingerprint density at radius 1 is 1.47 bits per heavy atom. The van der Waals surface area contributed by atoms with Gasteiger partial charge in [-0.3, -0.25) is 9.58 Å². The molecule has 1 N–H and O–H groups in total. The van der Waals surface area contributed by atoms with Gasteiger partial charge in [0.1, 0.15) is 0 Å². The molecule has 2 unspecified atom stereocenters. The van der Waals surface area contributed by atoms with E-state index in [0.717, 1.165) is 31.7 Å². The molecule has 0 amide bonds. The molecule has 17 heavy (non-hydrogen) atoms. The number of aliphatic hydroxyl groups excluding tert-OH is 1. The Morgan fingerprint density at radius 2 is 2.24 bits per heavy atom. The van der Waals surface area contributed by atoms with E-state index in [9.17, 15) is 5.11 Å². The van der Waals surface area contributed by atoms with Crippen molar-refractivity contribution in [1.82, 2.24) is 19.6 Å². The second-order valence-electron chi connectivity index (χ2n) is 4.88. The standard InChI is InChI=1S/C12H22N4O/c1-4-16-8-10(7-13-16)12(17)11-9-14(2)5-6-15(11)3/h7-8,11-12,17H,4-6,9H2,1-3H3. The van der Waals surface area contributed by atoms with Crippen LogP contribution in [-0.2, 0) is 6.54 Å². The number of hydrogen-bond acceptors (Lipinski definition) is 4. The zero-order valence-electron chi connectivity index (χ0n) is 10.9. The first kappa shape index (κ1) is 12.5.